The Labute approximate surface area is 101 Å². The molecule has 1 N–H and O–H groups in total. The van der Waals surface area contributed by atoms with E-state index >= 15 is 0 Å². The van der Waals surface area contributed by atoms with Crippen molar-refractivity contribution in [2.24, 2.45) is 4.99 Å². The molecule has 86 valence electrons. The summed E-state index contributed by atoms with van der Waals surface area (Å²) in [7, 11) is 1.57. The number of nitrogens with one attached hydrogen (secondary N) is 1. The molecular formula is C14H14N2O. The molecule has 3 nitrogen and oxygen atoms in total. The molecule has 0 saturated heterocycles. The summed E-state index contributed by atoms with van der Waals surface area (Å²) in [6.45, 7) is 0. The van der Waals surface area contributed by atoms with Crippen molar-refractivity contribution in [3.05, 3.63) is 66.2 Å². The van der Waals surface area contributed by atoms with Gasteiger partial charge in [0.15, 0.2) is 5.84 Å². The number of hydrogen-bond donors (Lipinski definition) is 1. The van der Waals surface area contributed by atoms with Crippen molar-refractivity contribution in [3.63, 3.8) is 0 Å². The van der Waals surface area contributed by atoms with E-state index in [0.29, 0.717) is 5.84 Å². The molecule has 0 fully saturated rings. The van der Waals surface area contributed by atoms with Crippen LogP contribution in [0.4, 0.5) is 5.69 Å². The third-order valence-corrected chi connectivity index (χ3v) is 2.24. The van der Waals surface area contributed by atoms with E-state index in [9.17, 15) is 0 Å². The molecule has 2 aromatic rings. The second-order valence-electron chi connectivity index (χ2n) is 3.47. The second kappa shape index (κ2) is 5.82. The fourth-order valence-electron chi connectivity index (χ4n) is 1.47. The normalized spacial score (nSPS) is 11.2. The van der Waals surface area contributed by atoms with E-state index in [4.69, 9.17) is 4.84 Å². The summed E-state index contributed by atoms with van der Waals surface area (Å²) in [5.74, 6) is 0.694. The SMILES string of the molecule is CONC(=Nc1ccccc1)c1ccccc1. The summed E-state index contributed by atoms with van der Waals surface area (Å²) >= 11 is 0. The molecule has 0 heterocycles. The number of aliphatic imine (C=N–C) groups is 1. The summed E-state index contributed by atoms with van der Waals surface area (Å²) in [6.07, 6.45) is 0. The van der Waals surface area contributed by atoms with Crippen molar-refractivity contribution in [2.45, 2.75) is 0 Å². The molecule has 0 aliphatic heterocycles. The number of amidine groups is 1. The van der Waals surface area contributed by atoms with Gasteiger partial charge in [0.2, 0.25) is 0 Å². The highest BCUT2D eigenvalue weighted by atomic mass is 16.6. The number of para-hydroxylation sites is 1. The molecule has 0 aliphatic rings. The molecular weight excluding hydrogens is 212 g/mol. The van der Waals surface area contributed by atoms with Crippen LogP contribution in [0.15, 0.2) is 65.7 Å². The van der Waals surface area contributed by atoms with Crippen molar-refractivity contribution in [2.75, 3.05) is 7.11 Å². The standard InChI is InChI=1S/C14H14N2O/c1-17-16-14(12-8-4-2-5-9-12)15-13-10-6-3-7-11-13/h2-11H,1H3,(H,15,16). The van der Waals surface area contributed by atoms with Crippen molar-refractivity contribution in [3.8, 4) is 0 Å². The van der Waals surface area contributed by atoms with Crippen LogP contribution >= 0.6 is 0 Å². The van der Waals surface area contributed by atoms with Crippen molar-refractivity contribution in [1.29, 1.82) is 0 Å². The molecule has 0 saturated carbocycles. The van der Waals surface area contributed by atoms with Crippen molar-refractivity contribution in [1.82, 2.24) is 5.48 Å². The van der Waals surface area contributed by atoms with Crippen LogP contribution in [0.25, 0.3) is 0 Å². The number of nitrogens with zero attached hydrogens (tertiary/aromatic N) is 1. The lowest BCUT2D eigenvalue weighted by Gasteiger charge is -2.07. The van der Waals surface area contributed by atoms with E-state index in [1.807, 2.05) is 60.7 Å². The minimum absolute atomic E-state index is 0.694. The lowest BCUT2D eigenvalue weighted by Crippen LogP contribution is -2.22. The Hall–Kier alpha value is -2.13. The first-order valence-electron chi connectivity index (χ1n) is 5.38. The molecule has 0 spiro atoms. The second-order valence-corrected chi connectivity index (χ2v) is 3.47. The molecule has 0 atom stereocenters. The van der Waals surface area contributed by atoms with Gasteiger partial charge in [-0.3, -0.25) is 4.84 Å². The molecule has 2 aromatic carbocycles. The summed E-state index contributed by atoms with van der Waals surface area (Å²) in [5.41, 5.74) is 4.67. The highest BCUT2D eigenvalue weighted by Crippen LogP contribution is 2.12. The summed E-state index contributed by atoms with van der Waals surface area (Å²) < 4.78 is 0. The van der Waals surface area contributed by atoms with Crippen LogP contribution in [0.5, 0.6) is 0 Å². The zero-order valence-corrected chi connectivity index (χ0v) is 9.63. The molecule has 0 bridgehead atoms. The Morgan fingerprint density at radius 3 is 2.12 bits per heavy atom. The van der Waals surface area contributed by atoms with E-state index in [0.717, 1.165) is 11.3 Å². The summed E-state index contributed by atoms with van der Waals surface area (Å²) in [6, 6.07) is 19.6. The number of rotatable bonds is 3. The van der Waals surface area contributed by atoms with E-state index in [1.54, 1.807) is 7.11 Å². The van der Waals surface area contributed by atoms with Gasteiger partial charge >= 0.3 is 0 Å². The topological polar surface area (TPSA) is 33.6 Å². The van der Waals surface area contributed by atoms with Gasteiger partial charge in [-0.25, -0.2) is 10.5 Å². The van der Waals surface area contributed by atoms with Crippen LogP contribution in [0.1, 0.15) is 5.56 Å². The number of benzene rings is 2. The highest BCUT2D eigenvalue weighted by molar-refractivity contribution is 5.99. The smallest absolute Gasteiger partial charge is 0.157 e. The molecule has 0 unspecified atom stereocenters. The Morgan fingerprint density at radius 1 is 0.941 bits per heavy atom. The summed E-state index contributed by atoms with van der Waals surface area (Å²) in [4.78, 5) is 9.45. The van der Waals surface area contributed by atoms with E-state index in [2.05, 4.69) is 10.5 Å². The molecule has 3 heteroatoms. The number of hydroxylamine groups is 1. The maximum absolute atomic E-state index is 4.95. The Morgan fingerprint density at radius 2 is 1.53 bits per heavy atom. The predicted molar refractivity (Wildman–Crippen MR) is 69.2 cm³/mol. The lowest BCUT2D eigenvalue weighted by molar-refractivity contribution is 0.145. The van der Waals surface area contributed by atoms with Gasteiger partial charge in [-0.15, -0.1) is 0 Å². The fraction of sp³-hybridized carbons (Fsp3) is 0.0714. The van der Waals surface area contributed by atoms with Crippen LogP contribution in [0.3, 0.4) is 0 Å². The average molecular weight is 226 g/mol. The van der Waals surface area contributed by atoms with Crippen LogP contribution in [0.2, 0.25) is 0 Å². The van der Waals surface area contributed by atoms with Gasteiger partial charge in [-0.2, -0.15) is 0 Å². The predicted octanol–water partition coefficient (Wildman–Crippen LogP) is 2.92. The van der Waals surface area contributed by atoms with E-state index < -0.39 is 0 Å². The van der Waals surface area contributed by atoms with Crippen LogP contribution < -0.4 is 5.48 Å². The van der Waals surface area contributed by atoms with Gasteiger partial charge in [0, 0.05) is 5.56 Å². The minimum Gasteiger partial charge on any atom is -0.278 e. The maximum Gasteiger partial charge on any atom is 0.157 e. The maximum atomic E-state index is 4.95. The third kappa shape index (κ3) is 3.16. The van der Waals surface area contributed by atoms with Gasteiger partial charge in [-0.05, 0) is 12.1 Å². The molecule has 0 aliphatic carbocycles. The zero-order chi connectivity index (χ0) is 11.9. The molecule has 0 aromatic heterocycles. The monoisotopic (exact) mass is 226 g/mol. The van der Waals surface area contributed by atoms with Gasteiger partial charge in [-0.1, -0.05) is 48.5 Å². The zero-order valence-electron chi connectivity index (χ0n) is 9.63. The summed E-state index contributed by atoms with van der Waals surface area (Å²) in [5, 5.41) is 0. The van der Waals surface area contributed by atoms with Crippen molar-refractivity contribution < 1.29 is 4.84 Å². The number of hydrogen-bond acceptors (Lipinski definition) is 2. The quantitative estimate of drug-likeness (QED) is 0.496. The van der Waals surface area contributed by atoms with E-state index in [1.165, 1.54) is 0 Å². The lowest BCUT2D eigenvalue weighted by atomic mass is 10.2. The van der Waals surface area contributed by atoms with E-state index in [-0.39, 0.29) is 0 Å². The fourth-order valence-corrected chi connectivity index (χ4v) is 1.47. The van der Waals surface area contributed by atoms with Gasteiger partial charge in [0.25, 0.3) is 0 Å². The minimum atomic E-state index is 0.694. The molecule has 0 amide bonds. The first-order chi connectivity index (χ1) is 8.40. The Kier molecular flexibility index (Phi) is 3.89. The molecule has 17 heavy (non-hydrogen) atoms. The largest absolute Gasteiger partial charge is 0.278 e. The van der Waals surface area contributed by atoms with Gasteiger partial charge < -0.3 is 0 Å². The third-order valence-electron chi connectivity index (χ3n) is 2.24. The first kappa shape index (κ1) is 11.4. The molecule has 2 rings (SSSR count). The van der Waals surface area contributed by atoms with Gasteiger partial charge in [0.1, 0.15) is 0 Å². The van der Waals surface area contributed by atoms with Crippen LogP contribution in [-0.2, 0) is 4.84 Å². The van der Waals surface area contributed by atoms with Crippen LogP contribution in [0, 0.1) is 0 Å². The van der Waals surface area contributed by atoms with Crippen molar-refractivity contribution >= 4 is 11.5 Å². The Balaban J connectivity index is 2.33. The first-order valence-corrected chi connectivity index (χ1v) is 5.38. The molecule has 0 radical (unpaired) electrons. The van der Waals surface area contributed by atoms with Crippen LogP contribution in [-0.4, -0.2) is 12.9 Å². The Bertz CT molecular complexity index is 480. The highest BCUT2D eigenvalue weighted by Gasteiger charge is 2.01. The van der Waals surface area contributed by atoms with Gasteiger partial charge in [0.05, 0.1) is 12.8 Å². The average Bonchev–Trinajstić information content (AvgIpc) is 2.40.